The summed E-state index contributed by atoms with van der Waals surface area (Å²) in [5.74, 6) is 1.33. The number of nitrogens with zero attached hydrogens (tertiary/aromatic N) is 2. The van der Waals surface area contributed by atoms with Crippen molar-refractivity contribution in [3.05, 3.63) is 64.7 Å². The Balaban J connectivity index is 1.66. The zero-order chi connectivity index (χ0) is 19.0. The highest BCUT2D eigenvalue weighted by Gasteiger charge is 2.29. The fourth-order valence-electron chi connectivity index (χ4n) is 2.95. The molecule has 2 heterocycles. The third kappa shape index (κ3) is 3.58. The van der Waals surface area contributed by atoms with Crippen molar-refractivity contribution in [2.24, 2.45) is 10.2 Å². The summed E-state index contributed by atoms with van der Waals surface area (Å²) in [7, 11) is 0. The second kappa shape index (κ2) is 6.57. The van der Waals surface area contributed by atoms with E-state index in [9.17, 15) is 13.2 Å². The van der Waals surface area contributed by atoms with Crippen molar-refractivity contribution in [2.75, 3.05) is 6.79 Å². The number of allylic oxidation sites excluding steroid dienone is 1. The normalized spacial score (nSPS) is 16.0. The summed E-state index contributed by atoms with van der Waals surface area (Å²) in [4.78, 5) is 0. The molecule has 138 valence electrons. The smallest absolute Gasteiger partial charge is 0.416 e. The van der Waals surface area contributed by atoms with Crippen LogP contribution in [0, 0.1) is 0 Å². The number of benzene rings is 2. The molecule has 2 aromatic carbocycles. The average Bonchev–Trinajstić information content (AvgIpc) is 3.02. The molecule has 0 aromatic heterocycles. The maximum absolute atomic E-state index is 12.7. The molecular weight excluding hydrogens is 357 g/mol. The first-order valence-electron chi connectivity index (χ1n) is 8.29. The van der Waals surface area contributed by atoms with Gasteiger partial charge >= 0.3 is 6.18 Å². The quantitative estimate of drug-likeness (QED) is 0.755. The van der Waals surface area contributed by atoms with Gasteiger partial charge in [0.05, 0.1) is 11.3 Å². The van der Waals surface area contributed by atoms with Crippen molar-refractivity contribution in [3.63, 3.8) is 0 Å². The molecule has 0 unspecified atom stereocenters. The molecule has 27 heavy (non-hydrogen) atoms. The summed E-state index contributed by atoms with van der Waals surface area (Å²) >= 11 is 0. The van der Waals surface area contributed by atoms with Crippen LogP contribution in [0.3, 0.4) is 0 Å². The van der Waals surface area contributed by atoms with Crippen LogP contribution >= 0.6 is 0 Å². The van der Waals surface area contributed by atoms with E-state index in [2.05, 4.69) is 10.2 Å². The number of hydrogen-bond donors (Lipinski definition) is 0. The second-order valence-electron chi connectivity index (χ2n) is 6.31. The molecule has 4 rings (SSSR count). The lowest BCUT2D eigenvalue weighted by molar-refractivity contribution is -0.137. The number of hydrogen-bond acceptors (Lipinski definition) is 4. The van der Waals surface area contributed by atoms with Crippen molar-refractivity contribution in [1.82, 2.24) is 0 Å². The van der Waals surface area contributed by atoms with Gasteiger partial charge in [0, 0.05) is 17.7 Å². The van der Waals surface area contributed by atoms with Gasteiger partial charge in [-0.3, -0.25) is 0 Å². The van der Waals surface area contributed by atoms with E-state index >= 15 is 0 Å². The molecule has 2 aromatic rings. The van der Waals surface area contributed by atoms with E-state index in [4.69, 9.17) is 9.47 Å². The van der Waals surface area contributed by atoms with Crippen LogP contribution in [0.25, 0.3) is 6.08 Å². The van der Waals surface area contributed by atoms with Crippen molar-refractivity contribution in [3.8, 4) is 11.5 Å². The molecule has 7 heteroatoms. The molecule has 0 atom stereocenters. The molecule has 2 aliphatic heterocycles. The van der Waals surface area contributed by atoms with Crippen LogP contribution in [0.1, 0.15) is 29.2 Å². The first-order valence-corrected chi connectivity index (χ1v) is 8.29. The monoisotopic (exact) mass is 372 g/mol. The molecule has 0 amide bonds. The minimum absolute atomic E-state index is 0.180. The molecular formula is C20H15F3N2O2. The molecule has 0 saturated carbocycles. The Morgan fingerprint density at radius 3 is 2.37 bits per heavy atom. The zero-order valence-corrected chi connectivity index (χ0v) is 14.4. The molecule has 0 bridgehead atoms. The highest BCUT2D eigenvalue weighted by molar-refractivity contribution is 6.13. The SMILES string of the molecule is CC1=NN=C(C=Cc2ccc(C(F)(F)F)cc2)c2cc3c(cc2C1)OCO3. The molecule has 0 radical (unpaired) electrons. The van der Waals surface area contributed by atoms with E-state index in [1.54, 1.807) is 12.2 Å². The highest BCUT2D eigenvalue weighted by Crippen LogP contribution is 2.36. The molecule has 4 nitrogen and oxygen atoms in total. The predicted octanol–water partition coefficient (Wildman–Crippen LogP) is 4.87. The Hall–Kier alpha value is -3.09. The zero-order valence-electron chi connectivity index (χ0n) is 14.4. The van der Waals surface area contributed by atoms with E-state index in [1.807, 2.05) is 19.1 Å². The number of alkyl halides is 3. The third-order valence-corrected chi connectivity index (χ3v) is 4.32. The molecule has 0 spiro atoms. The van der Waals surface area contributed by atoms with Crippen LogP contribution in [0.4, 0.5) is 13.2 Å². The maximum atomic E-state index is 12.7. The minimum Gasteiger partial charge on any atom is -0.454 e. The largest absolute Gasteiger partial charge is 0.454 e. The van der Waals surface area contributed by atoms with Gasteiger partial charge < -0.3 is 9.47 Å². The van der Waals surface area contributed by atoms with Gasteiger partial charge in [0.25, 0.3) is 0 Å². The Morgan fingerprint density at radius 1 is 0.963 bits per heavy atom. The number of halogens is 3. The predicted molar refractivity (Wildman–Crippen MR) is 96.4 cm³/mol. The van der Waals surface area contributed by atoms with Gasteiger partial charge in [-0.1, -0.05) is 18.2 Å². The van der Waals surface area contributed by atoms with Crippen LogP contribution in [-0.4, -0.2) is 18.2 Å². The topological polar surface area (TPSA) is 43.2 Å². The van der Waals surface area contributed by atoms with E-state index in [0.717, 1.165) is 29.0 Å². The van der Waals surface area contributed by atoms with Gasteiger partial charge in [-0.05, 0) is 48.4 Å². The fraction of sp³-hybridized carbons (Fsp3) is 0.200. The summed E-state index contributed by atoms with van der Waals surface area (Å²) < 4.78 is 48.9. The van der Waals surface area contributed by atoms with Gasteiger partial charge in [-0.25, -0.2) is 0 Å². The van der Waals surface area contributed by atoms with Crippen molar-refractivity contribution in [1.29, 1.82) is 0 Å². The molecule has 0 fully saturated rings. The fourth-order valence-corrected chi connectivity index (χ4v) is 2.95. The molecule has 0 N–H and O–H groups in total. The van der Waals surface area contributed by atoms with E-state index in [1.165, 1.54) is 12.1 Å². The Kier molecular flexibility index (Phi) is 4.22. The summed E-state index contributed by atoms with van der Waals surface area (Å²) in [5.41, 5.74) is 3.30. The van der Waals surface area contributed by atoms with E-state index < -0.39 is 11.7 Å². The lowest BCUT2D eigenvalue weighted by Crippen LogP contribution is -2.04. The lowest BCUT2D eigenvalue weighted by atomic mass is 9.97. The van der Waals surface area contributed by atoms with Crippen LogP contribution in [0.5, 0.6) is 11.5 Å². The van der Waals surface area contributed by atoms with Crippen molar-refractivity contribution >= 4 is 17.5 Å². The summed E-state index contributed by atoms with van der Waals surface area (Å²) in [6.45, 7) is 2.07. The standard InChI is InChI=1S/C20H15F3N2O2/c1-12-8-14-9-18-19(27-11-26-18)10-16(14)17(25-24-12)7-4-13-2-5-15(6-3-13)20(21,22)23/h2-7,9-10H,8,11H2,1H3. The number of ether oxygens (including phenoxy) is 2. The first-order chi connectivity index (χ1) is 12.9. The second-order valence-corrected chi connectivity index (χ2v) is 6.31. The van der Waals surface area contributed by atoms with Crippen LogP contribution in [0.15, 0.2) is 52.7 Å². The van der Waals surface area contributed by atoms with Crippen molar-refractivity contribution in [2.45, 2.75) is 19.5 Å². The summed E-state index contributed by atoms with van der Waals surface area (Å²) in [6, 6.07) is 8.74. The summed E-state index contributed by atoms with van der Waals surface area (Å²) in [5, 5.41) is 8.49. The van der Waals surface area contributed by atoms with Gasteiger partial charge in [0.1, 0.15) is 0 Å². The minimum atomic E-state index is -4.35. The number of rotatable bonds is 2. The lowest BCUT2D eigenvalue weighted by Gasteiger charge is -2.08. The van der Waals surface area contributed by atoms with E-state index in [0.29, 0.717) is 29.2 Å². The molecule has 2 aliphatic rings. The van der Waals surface area contributed by atoms with Crippen LogP contribution < -0.4 is 9.47 Å². The molecule has 0 saturated heterocycles. The van der Waals surface area contributed by atoms with Crippen LogP contribution in [-0.2, 0) is 12.6 Å². The summed E-state index contributed by atoms with van der Waals surface area (Å²) in [6.07, 6.45) is -0.260. The third-order valence-electron chi connectivity index (χ3n) is 4.32. The van der Waals surface area contributed by atoms with Crippen molar-refractivity contribution < 1.29 is 22.6 Å². The van der Waals surface area contributed by atoms with Crippen LogP contribution in [0.2, 0.25) is 0 Å². The van der Waals surface area contributed by atoms with Gasteiger partial charge in [0.2, 0.25) is 6.79 Å². The number of fused-ring (bicyclic) bond motifs is 2. The Labute approximate surface area is 153 Å². The highest BCUT2D eigenvalue weighted by atomic mass is 19.4. The Morgan fingerprint density at radius 2 is 1.67 bits per heavy atom. The van der Waals surface area contributed by atoms with Gasteiger partial charge in [0.15, 0.2) is 11.5 Å². The maximum Gasteiger partial charge on any atom is 0.416 e. The Bertz CT molecular complexity index is 974. The van der Waals surface area contributed by atoms with Gasteiger partial charge in [-0.2, -0.15) is 23.4 Å². The van der Waals surface area contributed by atoms with E-state index in [-0.39, 0.29) is 6.79 Å². The first kappa shape index (κ1) is 17.3. The molecule has 0 aliphatic carbocycles. The van der Waals surface area contributed by atoms with Gasteiger partial charge in [-0.15, -0.1) is 0 Å². The average molecular weight is 372 g/mol.